The second-order valence-electron chi connectivity index (χ2n) is 8.30. The van der Waals surface area contributed by atoms with Crippen molar-refractivity contribution < 1.29 is 9.32 Å². The highest BCUT2D eigenvalue weighted by molar-refractivity contribution is 6.30. The van der Waals surface area contributed by atoms with Gasteiger partial charge in [-0.2, -0.15) is 4.98 Å². The Labute approximate surface area is 201 Å². The summed E-state index contributed by atoms with van der Waals surface area (Å²) < 4.78 is 5.43. The van der Waals surface area contributed by atoms with Gasteiger partial charge in [-0.3, -0.25) is 9.69 Å². The molecule has 8 nitrogen and oxygen atoms in total. The van der Waals surface area contributed by atoms with E-state index in [-0.39, 0.29) is 18.0 Å². The third-order valence-corrected chi connectivity index (χ3v) is 6.55. The number of aromatic nitrogens is 2. The van der Waals surface area contributed by atoms with Crippen molar-refractivity contribution in [3.8, 4) is 11.4 Å². The summed E-state index contributed by atoms with van der Waals surface area (Å²) in [4.78, 5) is 21.7. The molecule has 5 rings (SSSR count). The minimum Gasteiger partial charge on any atom is -0.339 e. The van der Waals surface area contributed by atoms with E-state index in [1.165, 1.54) is 0 Å². The van der Waals surface area contributed by atoms with Gasteiger partial charge in [-0.15, -0.1) is 0 Å². The number of carbonyl (C=O) groups excluding carboxylic acids is 1. The first-order valence-corrected chi connectivity index (χ1v) is 11.7. The molecule has 2 saturated heterocycles. The van der Waals surface area contributed by atoms with Gasteiger partial charge in [-0.25, -0.2) is 10.9 Å². The summed E-state index contributed by atoms with van der Waals surface area (Å²) in [6, 6.07) is 14.9. The Balaban J connectivity index is 1.12. The maximum absolute atomic E-state index is 13.0. The summed E-state index contributed by atoms with van der Waals surface area (Å²) >= 11 is 12.0. The maximum atomic E-state index is 13.0. The van der Waals surface area contributed by atoms with Gasteiger partial charge in [0.2, 0.25) is 17.6 Å². The molecule has 172 valence electrons. The molecule has 2 N–H and O–H groups in total. The summed E-state index contributed by atoms with van der Waals surface area (Å²) in [5, 5.41) is 5.43. The second-order valence-corrected chi connectivity index (χ2v) is 9.18. The number of hydrogen-bond acceptors (Lipinski definition) is 7. The van der Waals surface area contributed by atoms with Crippen LogP contribution >= 0.6 is 23.2 Å². The smallest absolute Gasteiger partial charge is 0.241 e. The number of amides is 1. The Hall–Kier alpha value is -2.49. The van der Waals surface area contributed by atoms with Crippen LogP contribution in [0.15, 0.2) is 53.1 Å². The van der Waals surface area contributed by atoms with E-state index in [1.807, 2.05) is 41.3 Å². The Morgan fingerprint density at radius 1 is 1.03 bits per heavy atom. The van der Waals surface area contributed by atoms with E-state index in [4.69, 9.17) is 27.7 Å². The minimum atomic E-state index is -0.251. The van der Waals surface area contributed by atoms with Crippen LogP contribution < -0.4 is 10.9 Å². The normalized spacial score (nSPS) is 21.5. The highest BCUT2D eigenvalue weighted by atomic mass is 35.5. The third kappa shape index (κ3) is 5.20. The molecule has 2 unspecified atom stereocenters. The van der Waals surface area contributed by atoms with Crippen LogP contribution in [0.2, 0.25) is 10.0 Å². The molecule has 33 heavy (non-hydrogen) atoms. The van der Waals surface area contributed by atoms with Crippen LogP contribution in [-0.2, 0) is 11.3 Å². The Bertz CT molecular complexity index is 1110. The van der Waals surface area contributed by atoms with Crippen molar-refractivity contribution in [3.05, 3.63) is 70.0 Å². The van der Waals surface area contributed by atoms with E-state index in [9.17, 15) is 4.79 Å². The molecule has 1 aromatic heterocycles. The molecule has 10 heteroatoms. The van der Waals surface area contributed by atoms with E-state index in [0.29, 0.717) is 47.8 Å². The number of rotatable bonds is 5. The molecule has 2 fully saturated rings. The molecule has 3 aromatic rings. The van der Waals surface area contributed by atoms with Crippen molar-refractivity contribution in [3.63, 3.8) is 0 Å². The molecule has 0 radical (unpaired) electrons. The molecule has 2 aromatic carbocycles. The third-order valence-electron chi connectivity index (χ3n) is 6.07. The van der Waals surface area contributed by atoms with E-state index in [1.54, 1.807) is 12.1 Å². The average molecular weight is 487 g/mol. The molecular formula is C23H24Cl2N6O2. The van der Waals surface area contributed by atoms with Gasteiger partial charge < -0.3 is 9.42 Å². The van der Waals surface area contributed by atoms with Gasteiger partial charge in [0.1, 0.15) is 6.04 Å². The fourth-order valence-corrected chi connectivity index (χ4v) is 4.56. The fraction of sp³-hybridized carbons (Fsp3) is 0.348. The molecule has 1 amide bonds. The first-order chi connectivity index (χ1) is 16.0. The van der Waals surface area contributed by atoms with Crippen molar-refractivity contribution in [1.82, 2.24) is 30.8 Å². The van der Waals surface area contributed by atoms with E-state index >= 15 is 0 Å². The van der Waals surface area contributed by atoms with Crippen LogP contribution in [0.3, 0.4) is 0 Å². The largest absolute Gasteiger partial charge is 0.339 e. The molecule has 0 bridgehead atoms. The summed E-state index contributed by atoms with van der Waals surface area (Å²) in [6.45, 7) is 3.39. The number of hydrogen-bond donors (Lipinski definition) is 2. The van der Waals surface area contributed by atoms with Crippen LogP contribution in [0.4, 0.5) is 0 Å². The highest BCUT2D eigenvalue weighted by Crippen LogP contribution is 2.25. The molecular weight excluding hydrogens is 463 g/mol. The number of piperazine rings is 1. The van der Waals surface area contributed by atoms with E-state index in [0.717, 1.165) is 24.2 Å². The van der Waals surface area contributed by atoms with Crippen LogP contribution in [0.5, 0.6) is 0 Å². The van der Waals surface area contributed by atoms with Crippen molar-refractivity contribution in [1.29, 1.82) is 0 Å². The number of nitrogens with zero attached hydrogens (tertiary/aromatic N) is 4. The lowest BCUT2D eigenvalue weighted by molar-refractivity contribution is -0.135. The SMILES string of the molecule is O=C(C1CC(c2cccc(Cl)c2)NN1)N1CCN(Cc2nc(-c3ccc(Cl)cc3)no2)CC1. The van der Waals surface area contributed by atoms with Gasteiger partial charge in [-0.05, 0) is 48.4 Å². The number of halogens is 2. The topological polar surface area (TPSA) is 86.5 Å². The lowest BCUT2D eigenvalue weighted by atomic mass is 10.0. The van der Waals surface area contributed by atoms with Gasteiger partial charge in [-0.1, -0.05) is 40.5 Å². The average Bonchev–Trinajstić information content (AvgIpc) is 3.50. The monoisotopic (exact) mass is 486 g/mol. The molecule has 3 heterocycles. The molecule has 0 spiro atoms. The van der Waals surface area contributed by atoms with Crippen LogP contribution in [0.1, 0.15) is 23.9 Å². The predicted octanol–water partition coefficient (Wildman–Crippen LogP) is 3.30. The summed E-state index contributed by atoms with van der Waals surface area (Å²) in [6.07, 6.45) is 0.689. The summed E-state index contributed by atoms with van der Waals surface area (Å²) in [5.74, 6) is 1.23. The number of carbonyl (C=O) groups is 1. The zero-order valence-corrected chi connectivity index (χ0v) is 19.4. The number of benzene rings is 2. The zero-order chi connectivity index (χ0) is 22.8. The van der Waals surface area contributed by atoms with Crippen molar-refractivity contribution >= 4 is 29.1 Å². The maximum Gasteiger partial charge on any atom is 0.241 e. The molecule has 2 atom stereocenters. The fourth-order valence-electron chi connectivity index (χ4n) is 4.23. The molecule has 0 aliphatic carbocycles. The van der Waals surface area contributed by atoms with Crippen LogP contribution in [0, 0.1) is 0 Å². The van der Waals surface area contributed by atoms with Crippen molar-refractivity contribution in [2.75, 3.05) is 26.2 Å². The quantitative estimate of drug-likeness (QED) is 0.571. The number of hydrazine groups is 1. The lowest BCUT2D eigenvalue weighted by Gasteiger charge is -2.35. The van der Waals surface area contributed by atoms with Crippen molar-refractivity contribution in [2.24, 2.45) is 0 Å². The molecule has 0 saturated carbocycles. The van der Waals surface area contributed by atoms with Gasteiger partial charge in [0.05, 0.1) is 6.54 Å². The van der Waals surface area contributed by atoms with Gasteiger partial charge in [0, 0.05) is 47.8 Å². The zero-order valence-electron chi connectivity index (χ0n) is 17.9. The molecule has 2 aliphatic heterocycles. The molecule has 2 aliphatic rings. The second kappa shape index (κ2) is 9.79. The predicted molar refractivity (Wildman–Crippen MR) is 125 cm³/mol. The van der Waals surface area contributed by atoms with E-state index < -0.39 is 0 Å². The van der Waals surface area contributed by atoms with E-state index in [2.05, 4.69) is 25.9 Å². The first kappa shape index (κ1) is 22.3. The number of nitrogens with one attached hydrogen (secondary N) is 2. The van der Waals surface area contributed by atoms with Crippen LogP contribution in [0.25, 0.3) is 11.4 Å². The van der Waals surface area contributed by atoms with Gasteiger partial charge in [0.25, 0.3) is 0 Å². The first-order valence-electron chi connectivity index (χ1n) is 10.9. The van der Waals surface area contributed by atoms with Gasteiger partial charge in [0.15, 0.2) is 0 Å². The van der Waals surface area contributed by atoms with Gasteiger partial charge >= 0.3 is 0 Å². The standard InChI is InChI=1S/C23H24Cl2N6O2/c24-17-6-4-15(5-7-17)22-26-21(33-29-22)14-30-8-10-31(11-9-30)23(32)20-13-19(27-28-20)16-2-1-3-18(25)12-16/h1-7,12,19-20,27-28H,8-11,13-14H2. The Kier molecular flexibility index (Phi) is 6.62. The lowest BCUT2D eigenvalue weighted by Crippen LogP contribution is -2.53. The van der Waals surface area contributed by atoms with Crippen molar-refractivity contribution in [2.45, 2.75) is 25.0 Å². The summed E-state index contributed by atoms with van der Waals surface area (Å²) in [7, 11) is 0. The van der Waals surface area contributed by atoms with Crippen LogP contribution in [-0.4, -0.2) is 58.1 Å². The minimum absolute atomic E-state index is 0.0614. The summed E-state index contributed by atoms with van der Waals surface area (Å²) in [5.41, 5.74) is 8.32. The highest BCUT2D eigenvalue weighted by Gasteiger charge is 2.34. The Morgan fingerprint density at radius 3 is 2.58 bits per heavy atom. The Morgan fingerprint density at radius 2 is 1.82 bits per heavy atom.